The molecule has 0 bridgehead atoms. The van der Waals surface area contributed by atoms with Crippen LogP contribution in [-0.2, 0) is 18.4 Å². The van der Waals surface area contributed by atoms with Crippen LogP contribution in [0.15, 0.2) is 24.5 Å². The number of nitrogens with zero attached hydrogens (tertiary/aromatic N) is 4. The van der Waals surface area contributed by atoms with E-state index < -0.39 is 0 Å². The van der Waals surface area contributed by atoms with Crippen LogP contribution in [0.25, 0.3) is 16.7 Å². The van der Waals surface area contributed by atoms with Gasteiger partial charge in [-0.3, -0.25) is 9.67 Å². The van der Waals surface area contributed by atoms with Gasteiger partial charge in [0.25, 0.3) is 0 Å². The van der Waals surface area contributed by atoms with Crippen molar-refractivity contribution in [3.05, 3.63) is 41.5 Å². The van der Waals surface area contributed by atoms with Crippen molar-refractivity contribution in [2.24, 2.45) is 0 Å². The van der Waals surface area contributed by atoms with Crippen molar-refractivity contribution in [3.63, 3.8) is 0 Å². The average Bonchev–Trinajstić information content (AvgIpc) is 3.27. The van der Waals surface area contributed by atoms with Crippen molar-refractivity contribution in [3.8, 4) is 17.2 Å². The molecule has 0 unspecified atom stereocenters. The Hall–Kier alpha value is -2.41. The van der Waals surface area contributed by atoms with E-state index in [1.807, 2.05) is 6.20 Å². The average molecular weight is 302 g/mol. The predicted octanol–water partition coefficient (Wildman–Crippen LogP) is 3.62. The lowest BCUT2D eigenvalue weighted by molar-refractivity contribution is 0.268. The monoisotopic (exact) mass is 302 g/mol. The molecule has 23 heavy (non-hydrogen) atoms. The second-order valence-corrected chi connectivity index (χ2v) is 6.99. The maximum absolute atomic E-state index is 9.29. The summed E-state index contributed by atoms with van der Waals surface area (Å²) in [5.74, 6) is 0. The minimum absolute atomic E-state index is 0.0872. The van der Waals surface area contributed by atoms with Gasteiger partial charge < -0.3 is 0 Å². The molecule has 4 heteroatoms. The van der Waals surface area contributed by atoms with Crippen LogP contribution in [0, 0.1) is 11.3 Å². The highest BCUT2D eigenvalue weighted by Gasteiger charge is 2.38. The zero-order valence-electron chi connectivity index (χ0n) is 13.0. The molecule has 3 aliphatic rings. The molecule has 2 aromatic rings. The van der Waals surface area contributed by atoms with Gasteiger partial charge in [0.2, 0.25) is 0 Å². The predicted molar refractivity (Wildman–Crippen MR) is 87.5 cm³/mol. The van der Waals surface area contributed by atoms with Gasteiger partial charge in [-0.2, -0.15) is 10.4 Å². The standard InChI is InChI=1S/C19H18N4/c20-9-8-19(6-1-2-7-19)23-12-15-14-5-10-21-16-4-3-13(18(14)16)11-17(15)22-23/h3,5,10,12H,1-2,4,6-8,11H2. The third-order valence-corrected chi connectivity index (χ3v) is 5.76. The number of fused-ring (bicyclic) bond motifs is 2. The molecule has 2 heterocycles. The first-order valence-corrected chi connectivity index (χ1v) is 8.44. The van der Waals surface area contributed by atoms with Gasteiger partial charge in [-0.05, 0) is 30.0 Å². The van der Waals surface area contributed by atoms with E-state index in [4.69, 9.17) is 5.10 Å². The molecule has 5 rings (SSSR count). The Balaban J connectivity index is 1.68. The summed E-state index contributed by atoms with van der Waals surface area (Å²) in [7, 11) is 0. The molecule has 0 spiro atoms. The molecule has 114 valence electrons. The summed E-state index contributed by atoms with van der Waals surface area (Å²) >= 11 is 0. The van der Waals surface area contributed by atoms with Gasteiger partial charge in [-0.1, -0.05) is 18.9 Å². The SMILES string of the molecule is N#CCC1(n2cc3c(n2)CC2=CCc4nccc-3c42)CCCC1. The first-order chi connectivity index (χ1) is 11.3. The molecule has 0 N–H and O–H groups in total. The number of allylic oxidation sites excluding steroid dienone is 2. The molecule has 0 aromatic carbocycles. The van der Waals surface area contributed by atoms with Gasteiger partial charge in [0.05, 0.1) is 29.4 Å². The quantitative estimate of drug-likeness (QED) is 0.851. The van der Waals surface area contributed by atoms with E-state index in [0.29, 0.717) is 6.42 Å². The number of aromatic nitrogens is 3. The highest BCUT2D eigenvalue weighted by molar-refractivity contribution is 5.90. The second kappa shape index (κ2) is 4.55. The maximum atomic E-state index is 9.29. The molecule has 4 nitrogen and oxygen atoms in total. The van der Waals surface area contributed by atoms with E-state index in [1.54, 1.807) is 0 Å². The fourth-order valence-corrected chi connectivity index (χ4v) is 4.58. The molecule has 0 amide bonds. The van der Waals surface area contributed by atoms with Crippen molar-refractivity contribution < 1.29 is 0 Å². The topological polar surface area (TPSA) is 54.5 Å². The first kappa shape index (κ1) is 13.1. The van der Waals surface area contributed by atoms with Gasteiger partial charge in [0.1, 0.15) is 0 Å². The van der Waals surface area contributed by atoms with E-state index in [2.05, 4.69) is 34.1 Å². The zero-order valence-corrected chi connectivity index (χ0v) is 13.0. The van der Waals surface area contributed by atoms with Crippen molar-refractivity contribution >= 4 is 5.57 Å². The third-order valence-electron chi connectivity index (χ3n) is 5.76. The molecule has 1 fully saturated rings. The van der Waals surface area contributed by atoms with Crippen molar-refractivity contribution in [2.45, 2.75) is 50.5 Å². The lowest BCUT2D eigenvalue weighted by atomic mass is 9.88. The molecule has 2 aromatic heterocycles. The van der Waals surface area contributed by atoms with Crippen molar-refractivity contribution in [2.75, 3.05) is 0 Å². The van der Waals surface area contributed by atoms with E-state index >= 15 is 0 Å². The number of pyridine rings is 1. The smallest absolute Gasteiger partial charge is 0.0757 e. The highest BCUT2D eigenvalue weighted by Crippen LogP contribution is 2.45. The maximum Gasteiger partial charge on any atom is 0.0757 e. The highest BCUT2D eigenvalue weighted by atomic mass is 15.3. The van der Waals surface area contributed by atoms with Gasteiger partial charge in [-0.25, -0.2) is 0 Å². The van der Waals surface area contributed by atoms with E-state index in [9.17, 15) is 5.26 Å². The summed E-state index contributed by atoms with van der Waals surface area (Å²) in [6.45, 7) is 0. The van der Waals surface area contributed by atoms with Gasteiger partial charge in [-0.15, -0.1) is 0 Å². The molecular formula is C19H18N4. The van der Waals surface area contributed by atoms with Crippen LogP contribution < -0.4 is 0 Å². The summed E-state index contributed by atoms with van der Waals surface area (Å²) in [4.78, 5) is 4.53. The van der Waals surface area contributed by atoms with Crippen LogP contribution in [0.2, 0.25) is 0 Å². The van der Waals surface area contributed by atoms with Gasteiger partial charge in [0, 0.05) is 36.4 Å². The van der Waals surface area contributed by atoms with E-state index in [0.717, 1.165) is 31.4 Å². The van der Waals surface area contributed by atoms with Crippen LogP contribution in [0.4, 0.5) is 0 Å². The molecule has 1 saturated carbocycles. The minimum atomic E-state index is -0.0872. The first-order valence-electron chi connectivity index (χ1n) is 8.44. The van der Waals surface area contributed by atoms with Crippen LogP contribution >= 0.6 is 0 Å². The fourth-order valence-electron chi connectivity index (χ4n) is 4.58. The number of nitriles is 1. The second-order valence-electron chi connectivity index (χ2n) is 6.99. The van der Waals surface area contributed by atoms with Crippen molar-refractivity contribution in [1.82, 2.24) is 14.8 Å². The Morgan fingerprint density at radius 2 is 2.09 bits per heavy atom. The minimum Gasteiger partial charge on any atom is -0.265 e. The van der Waals surface area contributed by atoms with E-state index in [1.165, 1.54) is 40.8 Å². The molecular weight excluding hydrogens is 284 g/mol. The van der Waals surface area contributed by atoms with Crippen LogP contribution in [0.5, 0.6) is 0 Å². The fraction of sp³-hybridized carbons (Fsp3) is 0.421. The molecule has 0 radical (unpaired) electrons. The molecule has 3 aliphatic carbocycles. The molecule has 0 aliphatic heterocycles. The van der Waals surface area contributed by atoms with Crippen molar-refractivity contribution in [1.29, 1.82) is 5.26 Å². The largest absolute Gasteiger partial charge is 0.265 e. The Bertz CT molecular complexity index is 875. The Morgan fingerprint density at radius 3 is 2.91 bits per heavy atom. The zero-order chi connectivity index (χ0) is 15.4. The summed E-state index contributed by atoms with van der Waals surface area (Å²) in [6, 6.07) is 4.51. The number of rotatable bonds is 2. The number of hydrogen-bond acceptors (Lipinski definition) is 3. The van der Waals surface area contributed by atoms with Gasteiger partial charge >= 0.3 is 0 Å². The lowest BCUT2D eigenvalue weighted by Crippen LogP contribution is -2.30. The van der Waals surface area contributed by atoms with Crippen LogP contribution in [-0.4, -0.2) is 14.8 Å². The van der Waals surface area contributed by atoms with E-state index in [-0.39, 0.29) is 5.54 Å². The molecule has 0 saturated heterocycles. The number of hydrogen-bond donors (Lipinski definition) is 0. The lowest BCUT2D eigenvalue weighted by Gasteiger charge is -2.26. The summed E-state index contributed by atoms with van der Waals surface area (Å²) < 4.78 is 2.13. The Kier molecular flexibility index (Phi) is 2.58. The third kappa shape index (κ3) is 1.71. The Morgan fingerprint density at radius 1 is 1.22 bits per heavy atom. The summed E-state index contributed by atoms with van der Waals surface area (Å²) in [5.41, 5.74) is 7.50. The van der Waals surface area contributed by atoms with Crippen LogP contribution in [0.3, 0.4) is 0 Å². The normalized spacial score (nSPS) is 19.9. The Labute approximate surface area is 135 Å². The summed E-state index contributed by atoms with van der Waals surface area (Å²) in [6.07, 6.45) is 13.3. The molecule has 0 atom stereocenters. The van der Waals surface area contributed by atoms with Crippen LogP contribution in [0.1, 0.15) is 49.1 Å². The summed E-state index contributed by atoms with van der Waals surface area (Å²) in [5, 5.41) is 14.2. The van der Waals surface area contributed by atoms with Gasteiger partial charge in [0.15, 0.2) is 0 Å².